The van der Waals surface area contributed by atoms with Crippen molar-refractivity contribution in [2.24, 2.45) is 5.92 Å². The number of β-amino-alcohol motifs (C(OH)–C–C–N with tert-alkyl or cyclic N) is 2. The molecule has 1 aliphatic carbocycles. The number of hydrogen-bond donors (Lipinski definition) is 3. The van der Waals surface area contributed by atoms with Gasteiger partial charge in [-0.25, -0.2) is 22.4 Å². The molecule has 6 aromatic rings. The minimum atomic E-state index is -0.794. The molecule has 2 aliphatic heterocycles. The molecule has 0 radical (unpaired) electrons. The Labute approximate surface area is 295 Å². The van der Waals surface area contributed by atoms with Gasteiger partial charge in [0.2, 0.25) is 5.91 Å². The number of hydrogen-bond acceptors (Lipinski definition) is 4. The Balaban J connectivity index is 0.000000149. The minimum absolute atomic E-state index is 0.126. The van der Waals surface area contributed by atoms with E-state index >= 15 is 0 Å². The molecule has 270 valence electrons. The van der Waals surface area contributed by atoms with E-state index in [1.807, 2.05) is 14.0 Å². The van der Waals surface area contributed by atoms with Crippen LogP contribution in [0.1, 0.15) is 19.3 Å². The zero-order chi connectivity index (χ0) is 36.3. The normalized spacial score (nSPS) is 19.7. The van der Waals surface area contributed by atoms with Gasteiger partial charge in [-0.2, -0.15) is 0 Å². The maximum Gasteiger partial charge on any atom is 0.317 e. The molecule has 3 aliphatic rings. The number of nitrogens with zero attached hydrogens (tertiary/aromatic N) is 4. The number of benzene rings is 4. The van der Waals surface area contributed by atoms with Crippen molar-refractivity contribution in [2.75, 3.05) is 26.2 Å². The molecule has 1 unspecified atom stereocenters. The molecule has 1 saturated carbocycles. The van der Waals surface area contributed by atoms with Crippen molar-refractivity contribution in [1.82, 2.24) is 24.3 Å². The fourth-order valence-corrected chi connectivity index (χ4v) is 8.31. The van der Waals surface area contributed by atoms with E-state index < -0.39 is 23.8 Å². The van der Waals surface area contributed by atoms with Crippen LogP contribution in [0.15, 0.2) is 72.8 Å². The molecule has 3 amide bonds. The molecule has 4 aromatic carbocycles. The molecule has 4 heterocycles. The summed E-state index contributed by atoms with van der Waals surface area (Å²) >= 11 is 0. The third kappa shape index (κ3) is 6.21. The number of piperidine rings is 1. The van der Waals surface area contributed by atoms with Crippen molar-refractivity contribution < 1.29 is 37.4 Å². The first kappa shape index (κ1) is 34.0. The van der Waals surface area contributed by atoms with Crippen molar-refractivity contribution in [3.63, 3.8) is 0 Å². The van der Waals surface area contributed by atoms with E-state index in [1.54, 1.807) is 29.2 Å². The van der Waals surface area contributed by atoms with E-state index in [2.05, 4.69) is 5.32 Å². The van der Waals surface area contributed by atoms with Gasteiger partial charge in [0.05, 0.1) is 31.8 Å². The molecule has 3 fully saturated rings. The lowest BCUT2D eigenvalue weighted by Gasteiger charge is -2.29. The summed E-state index contributed by atoms with van der Waals surface area (Å²) in [6.45, 7) is 2.11. The van der Waals surface area contributed by atoms with Crippen molar-refractivity contribution in [1.29, 1.82) is 0 Å². The highest BCUT2D eigenvalue weighted by molar-refractivity contribution is 6.09. The van der Waals surface area contributed by atoms with E-state index in [4.69, 9.17) is 0 Å². The molecule has 52 heavy (non-hydrogen) atoms. The standard InChI is InChI=1S/C21H20F2N2O2.C18H17F2N3O2/c22-13-2-5-19-17(8-13)18-9-14(23)3-6-20(18)25(19)11-16(26)10-24-15-4-1-12(7-15)21(24)27;19-11-1-3-16-14(7-11)15-8-12(20)2-4-17(15)23(16)10-13(24)9-22-6-5-21-18(22)25/h2-3,5-6,8-9,12,15-16,26H,1,4,7,10-11H2;1-4,7-8,13,24H,5-6,9-10H2,(H,21,25)/t12-,15+,16-;/m0./s1. The van der Waals surface area contributed by atoms with Crippen molar-refractivity contribution in [3.8, 4) is 0 Å². The number of nitrogens with one attached hydrogen (secondary N) is 1. The van der Waals surface area contributed by atoms with Gasteiger partial charge >= 0.3 is 6.03 Å². The van der Waals surface area contributed by atoms with Crippen molar-refractivity contribution >= 4 is 55.5 Å². The van der Waals surface area contributed by atoms with Crippen LogP contribution in [0.4, 0.5) is 22.4 Å². The van der Waals surface area contributed by atoms with E-state index in [0.29, 0.717) is 52.2 Å². The highest BCUT2D eigenvalue weighted by Gasteiger charge is 2.44. The first-order chi connectivity index (χ1) is 25.0. The number of likely N-dealkylation sites (tertiary alicyclic amines) is 1. The van der Waals surface area contributed by atoms with Gasteiger partial charge in [0.25, 0.3) is 0 Å². The Morgan fingerprint density at radius 1 is 0.635 bits per heavy atom. The van der Waals surface area contributed by atoms with Gasteiger partial charge in [-0.1, -0.05) is 0 Å². The summed E-state index contributed by atoms with van der Waals surface area (Å²) in [4.78, 5) is 27.3. The topological polar surface area (TPSA) is 103 Å². The number of rotatable bonds is 8. The number of fused-ring (bicyclic) bond motifs is 8. The Morgan fingerprint density at radius 2 is 1.08 bits per heavy atom. The number of amides is 3. The maximum absolute atomic E-state index is 13.7. The number of aliphatic hydroxyl groups excluding tert-OH is 2. The number of aliphatic hydroxyl groups is 2. The van der Waals surface area contributed by atoms with Gasteiger partial charge in [-0.3, -0.25) is 4.79 Å². The smallest absolute Gasteiger partial charge is 0.317 e. The predicted molar refractivity (Wildman–Crippen MR) is 189 cm³/mol. The zero-order valence-electron chi connectivity index (χ0n) is 28.1. The maximum atomic E-state index is 13.7. The first-order valence-electron chi connectivity index (χ1n) is 17.5. The molecule has 2 aromatic heterocycles. The highest BCUT2D eigenvalue weighted by atomic mass is 19.1. The second-order valence-corrected chi connectivity index (χ2v) is 14.0. The number of carbonyl (C=O) groups excluding carboxylic acids is 2. The first-order valence-corrected chi connectivity index (χ1v) is 17.5. The molecule has 0 spiro atoms. The third-order valence-electron chi connectivity index (χ3n) is 10.6. The molecule has 9 nitrogen and oxygen atoms in total. The lowest BCUT2D eigenvalue weighted by atomic mass is 10.1. The summed E-state index contributed by atoms with van der Waals surface area (Å²) in [5.41, 5.74) is 2.91. The Hall–Kier alpha value is -5.14. The summed E-state index contributed by atoms with van der Waals surface area (Å²) in [5.74, 6) is -1.29. The van der Waals surface area contributed by atoms with Gasteiger partial charge in [-0.15, -0.1) is 0 Å². The average Bonchev–Trinajstić information content (AvgIpc) is 3.93. The molecule has 9 rings (SSSR count). The number of urea groups is 1. The zero-order valence-corrected chi connectivity index (χ0v) is 28.1. The van der Waals surface area contributed by atoms with E-state index in [-0.39, 0.29) is 55.2 Å². The SMILES string of the molecule is O=C1NCCN1CC(O)Cn1c2ccc(F)cc2c2cc(F)ccc21.O=C1[C@H]2CC[C@H](C2)N1C[C@H](O)Cn1c2ccc(F)cc2c2cc(F)ccc21. The fraction of sp³-hybridized carbons (Fsp3) is 0.333. The van der Waals surface area contributed by atoms with Gasteiger partial charge in [0, 0.05) is 75.2 Å². The summed E-state index contributed by atoms with van der Waals surface area (Å²) < 4.78 is 58.5. The number of carbonyl (C=O) groups is 2. The van der Waals surface area contributed by atoms with Gasteiger partial charge in [0.15, 0.2) is 0 Å². The Morgan fingerprint density at radius 3 is 1.46 bits per heavy atom. The van der Waals surface area contributed by atoms with Crippen molar-refractivity contribution in [2.45, 2.75) is 50.6 Å². The minimum Gasteiger partial charge on any atom is -0.389 e. The highest BCUT2D eigenvalue weighted by Crippen LogP contribution is 2.39. The predicted octanol–water partition coefficient (Wildman–Crippen LogP) is 5.90. The summed E-state index contributed by atoms with van der Waals surface area (Å²) in [6, 6.07) is 17.5. The monoisotopic (exact) mass is 715 g/mol. The second kappa shape index (κ2) is 13.4. The van der Waals surface area contributed by atoms with E-state index in [9.17, 15) is 37.4 Å². The summed E-state index contributed by atoms with van der Waals surface area (Å²) in [5, 5.41) is 26.3. The average molecular weight is 716 g/mol. The number of halogens is 4. The van der Waals surface area contributed by atoms with Crippen LogP contribution in [0.5, 0.6) is 0 Å². The van der Waals surface area contributed by atoms with Crippen LogP contribution >= 0.6 is 0 Å². The Bertz CT molecular complexity index is 2240. The second-order valence-electron chi connectivity index (χ2n) is 14.0. The van der Waals surface area contributed by atoms with E-state index in [1.165, 1.54) is 48.5 Å². The molecule has 4 atom stereocenters. The van der Waals surface area contributed by atoms with Crippen LogP contribution in [0.2, 0.25) is 0 Å². The molecule has 2 bridgehead atoms. The largest absolute Gasteiger partial charge is 0.389 e. The van der Waals surface area contributed by atoms with Gasteiger partial charge < -0.3 is 34.5 Å². The molecular formula is C39H37F4N5O4. The van der Waals surface area contributed by atoms with Crippen LogP contribution in [0.25, 0.3) is 43.6 Å². The summed E-state index contributed by atoms with van der Waals surface area (Å²) in [6.07, 6.45) is 1.33. The van der Waals surface area contributed by atoms with Crippen LogP contribution in [-0.2, 0) is 17.9 Å². The molecule has 2 saturated heterocycles. The fourth-order valence-electron chi connectivity index (χ4n) is 8.31. The van der Waals surface area contributed by atoms with E-state index in [0.717, 1.165) is 30.3 Å². The lowest BCUT2D eigenvalue weighted by molar-refractivity contribution is -0.135. The number of aromatic nitrogens is 2. The molecular weight excluding hydrogens is 678 g/mol. The van der Waals surface area contributed by atoms with Crippen LogP contribution < -0.4 is 5.32 Å². The summed E-state index contributed by atoms with van der Waals surface area (Å²) in [7, 11) is 0. The van der Waals surface area contributed by atoms with Crippen LogP contribution in [-0.4, -0.2) is 85.5 Å². The quantitative estimate of drug-likeness (QED) is 0.171. The van der Waals surface area contributed by atoms with Gasteiger partial charge in [-0.05, 0) is 92.1 Å². The molecule has 3 N–H and O–H groups in total. The third-order valence-corrected chi connectivity index (χ3v) is 10.6. The van der Waals surface area contributed by atoms with Crippen molar-refractivity contribution in [3.05, 3.63) is 96.1 Å². The van der Waals surface area contributed by atoms with Gasteiger partial charge in [0.1, 0.15) is 23.3 Å². The Kier molecular flexibility index (Phi) is 8.78. The van der Waals surface area contributed by atoms with Crippen LogP contribution in [0.3, 0.4) is 0 Å². The van der Waals surface area contributed by atoms with Crippen LogP contribution in [0, 0.1) is 29.2 Å². The lowest BCUT2D eigenvalue weighted by Crippen LogP contribution is -2.43. The molecule has 13 heteroatoms.